The number of nitrogens with zero attached hydrogens (tertiary/aromatic N) is 1. The van der Waals surface area contributed by atoms with Gasteiger partial charge in [0.2, 0.25) is 0 Å². The lowest BCUT2D eigenvalue weighted by Crippen LogP contribution is -2.40. The van der Waals surface area contributed by atoms with Gasteiger partial charge in [-0.05, 0) is 86.8 Å². The minimum atomic E-state index is -0.615. The standard InChI is InChI=1S/C29H38N4O3S/c1-28(2,3)20-10-11-22-18(13-20)12-19-15-24(37-26(19)33-22)25(34)32-23(17-8-7-9-21(30)14-17)16-31-27(35)36-29(4,5)6/h7-9,12,14-15,20,23H,10-11,13,16,30H2,1-6H3,(H,31,35)(H,32,34)/t20-,23+/m1/s1. The van der Waals surface area contributed by atoms with E-state index in [0.717, 1.165) is 40.7 Å². The molecule has 198 valence electrons. The molecular weight excluding hydrogens is 484 g/mol. The van der Waals surface area contributed by atoms with Crippen LogP contribution in [0.1, 0.15) is 80.5 Å². The zero-order valence-electron chi connectivity index (χ0n) is 22.6. The largest absolute Gasteiger partial charge is 0.444 e. The van der Waals surface area contributed by atoms with Crippen molar-refractivity contribution in [2.75, 3.05) is 12.3 Å². The average molecular weight is 523 g/mol. The van der Waals surface area contributed by atoms with Gasteiger partial charge in [0.15, 0.2) is 0 Å². The molecular formula is C29H38N4O3S. The third-order valence-electron chi connectivity index (χ3n) is 6.79. The number of alkyl carbamates (subject to hydrolysis) is 1. The fourth-order valence-corrected chi connectivity index (χ4v) is 5.67. The summed E-state index contributed by atoms with van der Waals surface area (Å²) >= 11 is 1.40. The van der Waals surface area contributed by atoms with Gasteiger partial charge < -0.3 is 21.1 Å². The topological polar surface area (TPSA) is 106 Å². The molecule has 1 aromatic carbocycles. The highest BCUT2D eigenvalue weighted by molar-refractivity contribution is 7.20. The van der Waals surface area contributed by atoms with Crippen molar-refractivity contribution in [2.45, 2.75) is 72.4 Å². The maximum absolute atomic E-state index is 13.4. The Hall–Kier alpha value is -3.13. The molecule has 7 nitrogen and oxygen atoms in total. The quantitative estimate of drug-likeness (QED) is 0.355. The molecule has 0 saturated carbocycles. The van der Waals surface area contributed by atoms with E-state index in [0.29, 0.717) is 16.5 Å². The van der Waals surface area contributed by atoms with Crippen molar-refractivity contribution in [2.24, 2.45) is 11.3 Å². The van der Waals surface area contributed by atoms with E-state index in [2.05, 4.69) is 37.5 Å². The van der Waals surface area contributed by atoms with Crippen molar-refractivity contribution < 1.29 is 14.3 Å². The number of aryl methyl sites for hydroxylation is 1. The van der Waals surface area contributed by atoms with Gasteiger partial charge in [-0.25, -0.2) is 9.78 Å². The molecule has 2 atom stereocenters. The number of aromatic nitrogens is 1. The molecule has 0 fully saturated rings. The number of hydrogen-bond donors (Lipinski definition) is 3. The normalized spacial score (nSPS) is 16.6. The maximum atomic E-state index is 13.4. The van der Waals surface area contributed by atoms with Crippen LogP contribution in [0.3, 0.4) is 0 Å². The Morgan fingerprint density at radius 2 is 1.92 bits per heavy atom. The van der Waals surface area contributed by atoms with Gasteiger partial charge in [-0.3, -0.25) is 4.79 Å². The van der Waals surface area contributed by atoms with E-state index in [1.807, 2.05) is 18.2 Å². The van der Waals surface area contributed by atoms with Crippen molar-refractivity contribution in [3.8, 4) is 0 Å². The van der Waals surface area contributed by atoms with E-state index < -0.39 is 17.7 Å². The van der Waals surface area contributed by atoms with Crippen LogP contribution in [-0.2, 0) is 17.6 Å². The average Bonchev–Trinajstić information content (AvgIpc) is 3.21. The third-order valence-corrected chi connectivity index (χ3v) is 7.83. The van der Waals surface area contributed by atoms with Crippen LogP contribution in [0.15, 0.2) is 36.4 Å². The first-order valence-corrected chi connectivity index (χ1v) is 13.7. The summed E-state index contributed by atoms with van der Waals surface area (Å²) in [7, 11) is 0. The minimum absolute atomic E-state index is 0.162. The lowest BCUT2D eigenvalue weighted by atomic mass is 9.71. The van der Waals surface area contributed by atoms with Crippen LogP contribution in [-0.4, -0.2) is 29.1 Å². The molecule has 0 spiro atoms. The Kier molecular flexibility index (Phi) is 7.51. The number of benzene rings is 1. The molecule has 37 heavy (non-hydrogen) atoms. The maximum Gasteiger partial charge on any atom is 0.407 e. The Morgan fingerprint density at radius 1 is 1.16 bits per heavy atom. The summed E-state index contributed by atoms with van der Waals surface area (Å²) in [5.74, 6) is 0.407. The smallest absolute Gasteiger partial charge is 0.407 e. The lowest BCUT2D eigenvalue weighted by Gasteiger charge is -2.34. The number of nitrogens with two attached hydrogens (primary N) is 1. The van der Waals surface area contributed by atoms with Crippen molar-refractivity contribution in [3.63, 3.8) is 0 Å². The molecule has 0 aliphatic heterocycles. The van der Waals surface area contributed by atoms with Crippen molar-refractivity contribution in [1.29, 1.82) is 0 Å². The number of pyridine rings is 1. The summed E-state index contributed by atoms with van der Waals surface area (Å²) in [5, 5.41) is 6.83. The molecule has 4 N–H and O–H groups in total. The fourth-order valence-electron chi connectivity index (χ4n) is 4.73. The zero-order chi connectivity index (χ0) is 27.0. The zero-order valence-corrected chi connectivity index (χ0v) is 23.4. The van der Waals surface area contributed by atoms with Gasteiger partial charge in [-0.15, -0.1) is 11.3 Å². The highest BCUT2D eigenvalue weighted by Gasteiger charge is 2.30. The molecule has 0 saturated heterocycles. The lowest BCUT2D eigenvalue weighted by molar-refractivity contribution is 0.0520. The number of carbonyl (C=O) groups is 2. The van der Waals surface area contributed by atoms with E-state index >= 15 is 0 Å². The summed E-state index contributed by atoms with van der Waals surface area (Å²) in [5.41, 5.74) is 9.47. The van der Waals surface area contributed by atoms with E-state index in [9.17, 15) is 9.59 Å². The van der Waals surface area contributed by atoms with E-state index in [1.165, 1.54) is 16.9 Å². The van der Waals surface area contributed by atoms with Crippen molar-refractivity contribution in [1.82, 2.24) is 15.6 Å². The van der Waals surface area contributed by atoms with Gasteiger partial charge in [0.1, 0.15) is 10.4 Å². The second-order valence-electron chi connectivity index (χ2n) is 12.0. The molecule has 1 aliphatic carbocycles. The van der Waals surface area contributed by atoms with Crippen LogP contribution in [0.25, 0.3) is 10.2 Å². The summed E-state index contributed by atoms with van der Waals surface area (Å²) in [6.45, 7) is 12.5. The van der Waals surface area contributed by atoms with Crippen LogP contribution >= 0.6 is 11.3 Å². The first kappa shape index (κ1) is 26.9. The molecule has 0 unspecified atom stereocenters. The second-order valence-corrected chi connectivity index (χ2v) is 13.0. The SMILES string of the molecule is CC(C)(C)OC(=O)NC[C@H](NC(=O)c1cc2cc3c(nc2s1)CC[C@@H](C(C)(C)C)C3)c1cccc(N)c1. The van der Waals surface area contributed by atoms with Crippen molar-refractivity contribution in [3.05, 3.63) is 58.1 Å². The predicted octanol–water partition coefficient (Wildman–Crippen LogP) is 6.03. The van der Waals surface area contributed by atoms with Gasteiger partial charge in [0, 0.05) is 23.3 Å². The summed E-state index contributed by atoms with van der Waals surface area (Å²) in [6, 6.07) is 10.9. The molecule has 2 aromatic heterocycles. The van der Waals surface area contributed by atoms with Crippen molar-refractivity contribution >= 4 is 39.2 Å². The monoisotopic (exact) mass is 522 g/mol. The number of amides is 2. The summed E-state index contributed by atoms with van der Waals surface area (Å²) in [6.07, 6.45) is 2.59. The molecule has 1 aliphatic rings. The van der Waals surface area contributed by atoms with Crippen LogP contribution in [0.2, 0.25) is 0 Å². The molecule has 8 heteroatoms. The van der Waals surface area contributed by atoms with E-state index in [1.54, 1.807) is 32.9 Å². The molecule has 3 aromatic rings. The minimum Gasteiger partial charge on any atom is -0.444 e. The first-order chi connectivity index (χ1) is 17.3. The van der Waals surface area contributed by atoms with Gasteiger partial charge in [0.25, 0.3) is 5.91 Å². The number of anilines is 1. The Bertz CT molecular complexity index is 1300. The van der Waals surface area contributed by atoms with Gasteiger partial charge in [-0.1, -0.05) is 32.9 Å². The molecule has 4 rings (SSSR count). The summed E-state index contributed by atoms with van der Waals surface area (Å²) < 4.78 is 5.36. The molecule has 2 amide bonds. The van der Waals surface area contributed by atoms with Crippen LogP contribution in [0.4, 0.5) is 10.5 Å². The van der Waals surface area contributed by atoms with E-state index in [-0.39, 0.29) is 17.9 Å². The van der Waals surface area contributed by atoms with Gasteiger partial charge >= 0.3 is 6.09 Å². The van der Waals surface area contributed by atoms with Gasteiger partial charge in [0.05, 0.1) is 10.9 Å². The number of ether oxygens (including phenoxy) is 1. The number of hydrogen-bond acceptors (Lipinski definition) is 6. The Morgan fingerprint density at radius 3 is 2.59 bits per heavy atom. The number of rotatable bonds is 5. The number of nitrogens with one attached hydrogen (secondary N) is 2. The van der Waals surface area contributed by atoms with E-state index in [4.69, 9.17) is 15.5 Å². The molecule has 0 radical (unpaired) electrons. The number of carbonyl (C=O) groups excluding carboxylic acids is 2. The fraction of sp³-hybridized carbons (Fsp3) is 0.483. The predicted molar refractivity (Wildman–Crippen MR) is 150 cm³/mol. The van der Waals surface area contributed by atoms with Crippen LogP contribution in [0, 0.1) is 11.3 Å². The third kappa shape index (κ3) is 6.80. The highest BCUT2D eigenvalue weighted by Crippen LogP contribution is 2.38. The van der Waals surface area contributed by atoms with Crippen LogP contribution in [0.5, 0.6) is 0 Å². The Balaban J connectivity index is 1.53. The molecule has 0 bridgehead atoms. The second kappa shape index (κ2) is 10.3. The number of fused-ring (bicyclic) bond motifs is 2. The van der Waals surface area contributed by atoms with Gasteiger partial charge in [-0.2, -0.15) is 0 Å². The Labute approximate surface area is 223 Å². The number of nitrogen functional groups attached to an aromatic ring is 1. The molecule has 2 heterocycles. The highest BCUT2D eigenvalue weighted by atomic mass is 32.1. The van der Waals surface area contributed by atoms with Crippen LogP contribution < -0.4 is 16.4 Å². The number of thiophene rings is 1. The summed E-state index contributed by atoms with van der Waals surface area (Å²) in [4.78, 5) is 32.0. The first-order valence-electron chi connectivity index (χ1n) is 12.8.